The third kappa shape index (κ3) is 6.15. The van der Waals surface area contributed by atoms with E-state index in [2.05, 4.69) is 29.1 Å². The van der Waals surface area contributed by atoms with Gasteiger partial charge in [0.25, 0.3) is 0 Å². The lowest BCUT2D eigenvalue weighted by molar-refractivity contribution is -0.153. The number of carbonyl (C=O) groups excluding carboxylic acids is 1. The Bertz CT molecular complexity index is 378. The molecule has 1 atom stereocenters. The molecule has 0 amide bonds. The molecule has 0 fully saturated rings. The van der Waals surface area contributed by atoms with E-state index in [4.69, 9.17) is 4.74 Å². The van der Waals surface area contributed by atoms with E-state index in [1.165, 1.54) is 6.08 Å². The SMILES string of the molecule is C=C(F)/C=C(\C(=C)CC)C(Br)C(=O)OC(C)(C)C. The molecule has 0 saturated carbocycles. The van der Waals surface area contributed by atoms with E-state index in [-0.39, 0.29) is 0 Å². The van der Waals surface area contributed by atoms with Crippen LogP contribution in [0.3, 0.4) is 0 Å². The molecule has 0 aromatic carbocycles. The van der Waals surface area contributed by atoms with Crippen LogP contribution >= 0.6 is 15.9 Å². The summed E-state index contributed by atoms with van der Waals surface area (Å²) in [7, 11) is 0. The first kappa shape index (κ1) is 17.1. The van der Waals surface area contributed by atoms with Crippen molar-refractivity contribution in [3.05, 3.63) is 36.2 Å². The first-order chi connectivity index (χ1) is 8.08. The summed E-state index contributed by atoms with van der Waals surface area (Å²) in [5.74, 6) is -1.09. The van der Waals surface area contributed by atoms with Gasteiger partial charge in [0.2, 0.25) is 0 Å². The molecule has 2 nitrogen and oxygen atoms in total. The molecule has 0 aliphatic carbocycles. The second-order valence-electron chi connectivity index (χ2n) is 4.90. The number of ether oxygens (including phenoxy) is 1. The average molecular weight is 319 g/mol. The molecule has 18 heavy (non-hydrogen) atoms. The lowest BCUT2D eigenvalue weighted by Gasteiger charge is -2.23. The van der Waals surface area contributed by atoms with E-state index < -0.39 is 22.2 Å². The summed E-state index contributed by atoms with van der Waals surface area (Å²) in [6.45, 7) is 14.2. The summed E-state index contributed by atoms with van der Waals surface area (Å²) in [5, 5.41) is 0. The van der Waals surface area contributed by atoms with Crippen molar-refractivity contribution in [1.29, 1.82) is 0 Å². The van der Waals surface area contributed by atoms with Crippen molar-refractivity contribution in [3.63, 3.8) is 0 Å². The van der Waals surface area contributed by atoms with Gasteiger partial charge >= 0.3 is 5.97 Å². The normalized spacial score (nSPS) is 14.0. The fraction of sp³-hybridized carbons (Fsp3) is 0.500. The van der Waals surface area contributed by atoms with Crippen LogP contribution in [0.5, 0.6) is 0 Å². The molecule has 0 radical (unpaired) electrons. The summed E-state index contributed by atoms with van der Waals surface area (Å²) in [4.78, 5) is 11.2. The molecular weight excluding hydrogens is 299 g/mol. The minimum absolute atomic E-state index is 0.458. The van der Waals surface area contributed by atoms with Crippen molar-refractivity contribution in [1.82, 2.24) is 0 Å². The molecule has 0 saturated heterocycles. The van der Waals surface area contributed by atoms with Gasteiger partial charge in [0.1, 0.15) is 16.3 Å². The average Bonchev–Trinajstić information content (AvgIpc) is 2.21. The Labute approximate surface area is 117 Å². The fourth-order valence-electron chi connectivity index (χ4n) is 1.21. The van der Waals surface area contributed by atoms with Crippen molar-refractivity contribution < 1.29 is 13.9 Å². The number of allylic oxidation sites excluding steroid dienone is 3. The highest BCUT2D eigenvalue weighted by atomic mass is 79.9. The van der Waals surface area contributed by atoms with E-state index in [1.807, 2.05) is 6.92 Å². The quantitative estimate of drug-likeness (QED) is 0.425. The van der Waals surface area contributed by atoms with Crippen LogP contribution in [0.25, 0.3) is 0 Å². The lowest BCUT2D eigenvalue weighted by atomic mass is 10.0. The van der Waals surface area contributed by atoms with E-state index >= 15 is 0 Å². The van der Waals surface area contributed by atoms with Crippen LogP contribution in [-0.4, -0.2) is 16.4 Å². The van der Waals surface area contributed by atoms with Crippen LogP contribution < -0.4 is 0 Å². The summed E-state index contributed by atoms with van der Waals surface area (Å²) in [6.07, 6.45) is 1.82. The van der Waals surface area contributed by atoms with Crippen LogP contribution in [0.1, 0.15) is 34.1 Å². The molecule has 1 unspecified atom stereocenters. The zero-order chi connectivity index (χ0) is 14.5. The van der Waals surface area contributed by atoms with E-state index in [0.717, 1.165) is 0 Å². The van der Waals surface area contributed by atoms with Gasteiger partial charge in [-0.2, -0.15) is 0 Å². The lowest BCUT2D eigenvalue weighted by Crippen LogP contribution is -2.30. The highest BCUT2D eigenvalue weighted by molar-refractivity contribution is 9.10. The molecule has 0 aliphatic rings. The Morgan fingerprint density at radius 3 is 2.28 bits per heavy atom. The van der Waals surface area contributed by atoms with Gasteiger partial charge in [-0.15, -0.1) is 0 Å². The van der Waals surface area contributed by atoms with E-state index in [1.54, 1.807) is 20.8 Å². The van der Waals surface area contributed by atoms with Crippen molar-refractivity contribution in [3.8, 4) is 0 Å². The highest BCUT2D eigenvalue weighted by Gasteiger charge is 2.26. The van der Waals surface area contributed by atoms with Crippen molar-refractivity contribution in [2.24, 2.45) is 0 Å². The Kier molecular flexibility index (Phi) is 6.54. The van der Waals surface area contributed by atoms with Crippen molar-refractivity contribution >= 4 is 21.9 Å². The Hall–Kier alpha value is -0.900. The molecule has 0 bridgehead atoms. The molecule has 0 heterocycles. The molecular formula is C14H20BrFO2. The largest absolute Gasteiger partial charge is 0.459 e. The first-order valence-electron chi connectivity index (χ1n) is 5.69. The van der Waals surface area contributed by atoms with Crippen LogP contribution in [0.4, 0.5) is 4.39 Å². The fourth-order valence-corrected chi connectivity index (χ4v) is 1.76. The third-order valence-electron chi connectivity index (χ3n) is 2.03. The smallest absolute Gasteiger partial charge is 0.324 e. The number of carbonyl (C=O) groups is 1. The second kappa shape index (κ2) is 6.88. The minimum Gasteiger partial charge on any atom is -0.459 e. The standard InChI is InChI=1S/C14H20BrFO2/c1-7-9(2)11(8-10(3)16)12(15)13(17)18-14(4,5)6/h8,12H,2-3,7H2,1,4-6H3/b11-8+. The predicted molar refractivity (Wildman–Crippen MR) is 76.3 cm³/mol. The topological polar surface area (TPSA) is 26.3 Å². The van der Waals surface area contributed by atoms with Crippen LogP contribution in [0.2, 0.25) is 0 Å². The maximum atomic E-state index is 12.9. The summed E-state index contributed by atoms with van der Waals surface area (Å²) >= 11 is 3.22. The summed E-state index contributed by atoms with van der Waals surface area (Å²) in [6, 6.07) is 0. The highest BCUT2D eigenvalue weighted by Crippen LogP contribution is 2.26. The van der Waals surface area contributed by atoms with Gasteiger partial charge in [0.15, 0.2) is 0 Å². The van der Waals surface area contributed by atoms with Gasteiger partial charge in [-0.3, -0.25) is 4.79 Å². The second-order valence-corrected chi connectivity index (χ2v) is 5.82. The van der Waals surface area contributed by atoms with Gasteiger partial charge in [-0.25, -0.2) is 4.39 Å². The monoisotopic (exact) mass is 318 g/mol. The zero-order valence-corrected chi connectivity index (χ0v) is 12.9. The molecule has 4 heteroatoms. The molecule has 0 N–H and O–H groups in total. The number of rotatable bonds is 5. The molecule has 0 aliphatic heterocycles. The minimum atomic E-state index is -0.739. The maximum absolute atomic E-state index is 12.9. The first-order valence-corrected chi connectivity index (χ1v) is 6.61. The zero-order valence-electron chi connectivity index (χ0n) is 11.3. The maximum Gasteiger partial charge on any atom is 0.324 e. The Morgan fingerprint density at radius 1 is 1.44 bits per heavy atom. The third-order valence-corrected chi connectivity index (χ3v) is 2.90. The van der Waals surface area contributed by atoms with Gasteiger partial charge in [-0.1, -0.05) is 41.6 Å². The molecule has 0 aromatic heterocycles. The van der Waals surface area contributed by atoms with Gasteiger partial charge < -0.3 is 4.74 Å². The van der Waals surface area contributed by atoms with Crippen molar-refractivity contribution in [2.75, 3.05) is 0 Å². The van der Waals surface area contributed by atoms with Gasteiger partial charge in [0.05, 0.1) is 0 Å². The summed E-state index contributed by atoms with van der Waals surface area (Å²) < 4.78 is 18.2. The Balaban J connectivity index is 5.10. The number of halogens is 2. The number of alkyl halides is 1. The summed E-state index contributed by atoms with van der Waals surface area (Å²) in [5.41, 5.74) is 0.537. The van der Waals surface area contributed by atoms with E-state index in [0.29, 0.717) is 17.6 Å². The molecule has 102 valence electrons. The predicted octanol–water partition coefficient (Wildman–Crippen LogP) is 4.47. The van der Waals surface area contributed by atoms with E-state index in [9.17, 15) is 9.18 Å². The number of esters is 1. The van der Waals surface area contributed by atoms with Gasteiger partial charge in [-0.05, 0) is 38.8 Å². The molecule has 0 spiro atoms. The molecule has 0 aromatic rings. The molecule has 0 rings (SSSR count). The van der Waals surface area contributed by atoms with Crippen molar-refractivity contribution in [2.45, 2.75) is 44.5 Å². The van der Waals surface area contributed by atoms with Crippen LogP contribution in [0, 0.1) is 0 Å². The van der Waals surface area contributed by atoms with Gasteiger partial charge in [0, 0.05) is 0 Å². The Morgan fingerprint density at radius 2 is 1.94 bits per heavy atom. The number of hydrogen-bond donors (Lipinski definition) is 0. The van der Waals surface area contributed by atoms with Crippen LogP contribution in [-0.2, 0) is 9.53 Å². The number of hydrogen-bond acceptors (Lipinski definition) is 2. The van der Waals surface area contributed by atoms with Crippen LogP contribution in [0.15, 0.2) is 36.2 Å².